The van der Waals surface area contributed by atoms with Crippen molar-refractivity contribution < 1.29 is 14.3 Å². The number of rotatable bonds is 8. The lowest BCUT2D eigenvalue weighted by Crippen LogP contribution is -2.15. The molecular weight excluding hydrogens is 346 g/mol. The monoisotopic (exact) mass is 371 g/mol. The van der Waals surface area contributed by atoms with Crippen LogP contribution in [0.1, 0.15) is 40.9 Å². The van der Waals surface area contributed by atoms with Gasteiger partial charge in [-0.3, -0.25) is 9.59 Å². The Labute approximate surface area is 159 Å². The maximum absolute atomic E-state index is 12.2. The molecule has 2 aromatic carbocycles. The number of thioether (sulfide) groups is 1. The molecule has 0 heterocycles. The zero-order valence-corrected chi connectivity index (χ0v) is 16.5. The van der Waals surface area contributed by atoms with Crippen molar-refractivity contribution in [2.45, 2.75) is 33.4 Å². The molecule has 0 bridgehead atoms. The first-order chi connectivity index (χ1) is 12.4. The summed E-state index contributed by atoms with van der Waals surface area (Å²) in [5.74, 6) is 1.69. The van der Waals surface area contributed by atoms with Gasteiger partial charge in [0.05, 0.1) is 12.4 Å². The molecule has 1 amide bonds. The summed E-state index contributed by atoms with van der Waals surface area (Å²) < 4.78 is 5.63. The van der Waals surface area contributed by atoms with E-state index in [1.165, 1.54) is 11.8 Å². The van der Waals surface area contributed by atoms with Gasteiger partial charge in [0.2, 0.25) is 5.91 Å². The number of nitrogens with one attached hydrogen (secondary N) is 1. The van der Waals surface area contributed by atoms with Crippen molar-refractivity contribution in [2.24, 2.45) is 0 Å². The molecule has 26 heavy (non-hydrogen) atoms. The number of carbonyl (C=O) groups excluding carboxylic acids is 2. The number of Topliss-reactive ketones (excluding diaryl/α,β-unsaturated/α-hetero) is 1. The normalized spacial score (nSPS) is 10.5. The fraction of sp³-hybridized carbons (Fsp3) is 0.333. The molecule has 0 aliphatic rings. The number of hydrogen-bond donors (Lipinski definition) is 1. The molecule has 0 saturated carbocycles. The van der Waals surface area contributed by atoms with Crippen LogP contribution >= 0.6 is 11.8 Å². The minimum Gasteiger partial charge on any atom is -0.494 e. The van der Waals surface area contributed by atoms with Crippen LogP contribution in [0.2, 0.25) is 0 Å². The maximum Gasteiger partial charge on any atom is 0.234 e. The largest absolute Gasteiger partial charge is 0.494 e. The van der Waals surface area contributed by atoms with E-state index in [4.69, 9.17) is 4.74 Å². The van der Waals surface area contributed by atoms with Crippen LogP contribution in [0.5, 0.6) is 5.75 Å². The van der Waals surface area contributed by atoms with Crippen molar-refractivity contribution in [3.05, 3.63) is 58.7 Å². The molecule has 1 N–H and O–H groups in total. The average Bonchev–Trinajstić information content (AvgIpc) is 2.60. The molecule has 2 rings (SSSR count). The Bertz CT molecular complexity index is 802. The van der Waals surface area contributed by atoms with Crippen molar-refractivity contribution in [1.82, 2.24) is 0 Å². The third-order valence-electron chi connectivity index (χ3n) is 4.14. The summed E-state index contributed by atoms with van der Waals surface area (Å²) in [6, 6.07) is 11.3. The number of amides is 1. The first-order valence-corrected chi connectivity index (χ1v) is 9.78. The van der Waals surface area contributed by atoms with E-state index < -0.39 is 0 Å². The molecule has 0 aliphatic carbocycles. The summed E-state index contributed by atoms with van der Waals surface area (Å²) in [6.45, 7) is 8.05. The van der Waals surface area contributed by atoms with Crippen molar-refractivity contribution in [3.8, 4) is 5.75 Å². The first kappa shape index (κ1) is 20.0. The lowest BCUT2D eigenvalue weighted by Gasteiger charge is -2.12. The molecule has 0 unspecified atom stereocenters. The SMILES string of the molecule is CCOc1ccc(C(C)=O)cc1CSCC(=O)Nc1cccc(C)c1C. The van der Waals surface area contributed by atoms with E-state index in [0.29, 0.717) is 23.7 Å². The maximum atomic E-state index is 12.2. The van der Waals surface area contributed by atoms with Gasteiger partial charge in [-0.15, -0.1) is 11.8 Å². The highest BCUT2D eigenvalue weighted by atomic mass is 32.2. The van der Waals surface area contributed by atoms with Crippen LogP contribution in [-0.2, 0) is 10.5 Å². The number of ether oxygens (including phenoxy) is 1. The highest BCUT2D eigenvalue weighted by molar-refractivity contribution is 7.99. The predicted molar refractivity (Wildman–Crippen MR) is 108 cm³/mol. The van der Waals surface area contributed by atoms with E-state index in [1.807, 2.05) is 51.1 Å². The zero-order chi connectivity index (χ0) is 19.1. The fourth-order valence-electron chi connectivity index (χ4n) is 2.53. The molecular formula is C21H25NO3S. The molecule has 4 nitrogen and oxygen atoms in total. The van der Waals surface area contributed by atoms with Crippen LogP contribution in [-0.4, -0.2) is 24.1 Å². The van der Waals surface area contributed by atoms with Crippen LogP contribution < -0.4 is 10.1 Å². The third kappa shape index (κ3) is 5.36. The van der Waals surface area contributed by atoms with Gasteiger partial charge in [0, 0.05) is 22.6 Å². The Kier molecular flexibility index (Phi) is 7.27. The van der Waals surface area contributed by atoms with Crippen LogP contribution in [0.3, 0.4) is 0 Å². The van der Waals surface area contributed by atoms with Crippen LogP contribution in [0.25, 0.3) is 0 Å². The summed E-state index contributed by atoms with van der Waals surface area (Å²) >= 11 is 1.50. The van der Waals surface area contributed by atoms with E-state index in [2.05, 4.69) is 5.32 Å². The zero-order valence-electron chi connectivity index (χ0n) is 15.7. The second kappa shape index (κ2) is 9.43. The first-order valence-electron chi connectivity index (χ1n) is 8.62. The van der Waals surface area contributed by atoms with Gasteiger partial charge in [0.15, 0.2) is 5.78 Å². The number of ketones is 1. The van der Waals surface area contributed by atoms with Gasteiger partial charge in [-0.25, -0.2) is 0 Å². The Hall–Kier alpha value is -2.27. The van der Waals surface area contributed by atoms with Crippen molar-refractivity contribution in [3.63, 3.8) is 0 Å². The number of anilines is 1. The lowest BCUT2D eigenvalue weighted by molar-refractivity contribution is -0.113. The molecule has 0 saturated heterocycles. The topological polar surface area (TPSA) is 55.4 Å². The molecule has 0 aromatic heterocycles. The van der Waals surface area contributed by atoms with Crippen molar-refractivity contribution in [2.75, 3.05) is 17.7 Å². The molecule has 138 valence electrons. The second-order valence-electron chi connectivity index (χ2n) is 6.10. The molecule has 0 radical (unpaired) electrons. The van der Waals surface area contributed by atoms with Gasteiger partial charge in [-0.05, 0) is 63.1 Å². The van der Waals surface area contributed by atoms with E-state index >= 15 is 0 Å². The smallest absolute Gasteiger partial charge is 0.234 e. The van der Waals surface area contributed by atoms with Crippen molar-refractivity contribution >= 4 is 29.1 Å². The highest BCUT2D eigenvalue weighted by Gasteiger charge is 2.10. The summed E-state index contributed by atoms with van der Waals surface area (Å²) in [6.07, 6.45) is 0. The van der Waals surface area contributed by atoms with Crippen LogP contribution in [0, 0.1) is 13.8 Å². The predicted octanol–water partition coefficient (Wildman–Crippen LogP) is 4.78. The van der Waals surface area contributed by atoms with Gasteiger partial charge in [0.1, 0.15) is 5.75 Å². The minimum atomic E-state index is -0.0376. The summed E-state index contributed by atoms with van der Waals surface area (Å²) in [7, 11) is 0. The molecule has 0 atom stereocenters. The number of benzene rings is 2. The second-order valence-corrected chi connectivity index (χ2v) is 7.09. The van der Waals surface area contributed by atoms with E-state index in [-0.39, 0.29) is 11.7 Å². The van der Waals surface area contributed by atoms with Crippen LogP contribution in [0.15, 0.2) is 36.4 Å². The standard InChI is InChI=1S/C21H25NO3S/c1-5-25-20-10-9-17(16(4)23)11-18(20)12-26-13-21(24)22-19-8-6-7-14(2)15(19)3/h6-11H,5,12-13H2,1-4H3,(H,22,24). The summed E-state index contributed by atoms with van der Waals surface area (Å²) in [5.41, 5.74) is 4.67. The molecule has 0 spiro atoms. The Morgan fingerprint density at radius 2 is 1.92 bits per heavy atom. The quantitative estimate of drug-likeness (QED) is 0.679. The highest BCUT2D eigenvalue weighted by Crippen LogP contribution is 2.26. The van der Waals surface area contributed by atoms with Gasteiger partial charge in [0.25, 0.3) is 0 Å². The average molecular weight is 372 g/mol. The summed E-state index contributed by atoms with van der Waals surface area (Å²) in [5, 5.41) is 2.96. The minimum absolute atomic E-state index is 0.0203. The molecule has 0 aliphatic heterocycles. The van der Waals surface area contributed by atoms with Gasteiger partial charge in [-0.2, -0.15) is 0 Å². The number of aryl methyl sites for hydroxylation is 1. The third-order valence-corrected chi connectivity index (χ3v) is 5.12. The van der Waals surface area contributed by atoms with E-state index in [0.717, 1.165) is 28.1 Å². The molecule has 2 aromatic rings. The molecule has 5 heteroatoms. The number of carbonyl (C=O) groups is 2. The lowest BCUT2D eigenvalue weighted by atomic mass is 10.1. The Morgan fingerprint density at radius 3 is 2.62 bits per heavy atom. The van der Waals surface area contributed by atoms with Crippen molar-refractivity contribution in [1.29, 1.82) is 0 Å². The van der Waals surface area contributed by atoms with Gasteiger partial charge >= 0.3 is 0 Å². The van der Waals surface area contributed by atoms with Gasteiger partial charge < -0.3 is 10.1 Å². The number of hydrogen-bond acceptors (Lipinski definition) is 4. The van der Waals surface area contributed by atoms with E-state index in [9.17, 15) is 9.59 Å². The van der Waals surface area contributed by atoms with E-state index in [1.54, 1.807) is 13.0 Å². The Morgan fingerprint density at radius 1 is 1.15 bits per heavy atom. The summed E-state index contributed by atoms with van der Waals surface area (Å²) in [4.78, 5) is 23.8. The van der Waals surface area contributed by atoms with Gasteiger partial charge in [-0.1, -0.05) is 12.1 Å². The van der Waals surface area contributed by atoms with Crippen LogP contribution in [0.4, 0.5) is 5.69 Å². The fourth-order valence-corrected chi connectivity index (χ4v) is 3.34. The molecule has 0 fully saturated rings. The Balaban J connectivity index is 1.98.